The molecule has 0 unspecified atom stereocenters. The third kappa shape index (κ3) is 8.82. The summed E-state index contributed by atoms with van der Waals surface area (Å²) < 4.78 is 0. The summed E-state index contributed by atoms with van der Waals surface area (Å²) in [5, 5.41) is 0. The summed E-state index contributed by atoms with van der Waals surface area (Å²) in [6, 6.07) is 0. The van der Waals surface area contributed by atoms with Gasteiger partial charge in [0.25, 0.3) is 0 Å². The van der Waals surface area contributed by atoms with Crippen LogP contribution in [0.15, 0.2) is 0 Å². The topological polar surface area (TPSA) is 0 Å². The summed E-state index contributed by atoms with van der Waals surface area (Å²) >= 11 is 0. The summed E-state index contributed by atoms with van der Waals surface area (Å²) in [5.41, 5.74) is 0. The van der Waals surface area contributed by atoms with Gasteiger partial charge in [-0.05, 0) is 0 Å². The molecule has 0 N–H and O–H groups in total. The molecule has 30 valence electrons. The van der Waals surface area contributed by atoms with Crippen LogP contribution in [0.2, 0.25) is 0 Å². The SMILES string of the molecule is [Ag].[Cu].[Ge].[Sn]. The molecule has 4 heavy (non-hydrogen) atoms. The first-order chi connectivity index (χ1) is 0. The van der Waals surface area contributed by atoms with Gasteiger partial charge in [0.2, 0.25) is 0 Å². The Morgan fingerprint density at radius 2 is 1.00 bits per heavy atom. The first-order valence-corrected chi connectivity index (χ1v) is 0. The molecule has 0 saturated heterocycles. The van der Waals surface area contributed by atoms with Crippen LogP contribution in [0.4, 0.5) is 0 Å². The van der Waals surface area contributed by atoms with Gasteiger partial charge in [-0.25, -0.2) is 0 Å². The molecular weight excluding hydrogens is 363 g/mol. The summed E-state index contributed by atoms with van der Waals surface area (Å²) in [6.45, 7) is 0. The summed E-state index contributed by atoms with van der Waals surface area (Å²) in [4.78, 5) is 0. The second-order valence-electron chi connectivity index (χ2n) is 0. The van der Waals surface area contributed by atoms with E-state index in [4.69, 9.17) is 0 Å². The molecule has 0 rings (SSSR count). The molecule has 0 heterocycles. The van der Waals surface area contributed by atoms with Crippen molar-refractivity contribution in [2.45, 2.75) is 0 Å². The average Bonchev–Trinajstić information content (AvgIpc) is 0. The van der Waals surface area contributed by atoms with E-state index in [0.29, 0.717) is 0 Å². The van der Waals surface area contributed by atoms with Crippen molar-refractivity contribution in [2.75, 3.05) is 0 Å². The van der Waals surface area contributed by atoms with Crippen LogP contribution in [0.25, 0.3) is 0 Å². The molecule has 0 fully saturated rings. The van der Waals surface area contributed by atoms with E-state index in [1.807, 2.05) is 0 Å². The van der Waals surface area contributed by atoms with Gasteiger partial charge in [-0.2, -0.15) is 0 Å². The Hall–Kier alpha value is 2.60. The fraction of sp³-hybridized carbons (Fsp3) is 0. The fourth-order valence-electron chi connectivity index (χ4n) is 0. The summed E-state index contributed by atoms with van der Waals surface area (Å²) in [7, 11) is 0. The predicted molar refractivity (Wildman–Crippen MR) is 11.5 cm³/mol. The molecule has 0 spiro atoms. The Labute approximate surface area is 79.8 Å². The van der Waals surface area contributed by atoms with Crippen molar-refractivity contribution in [1.82, 2.24) is 0 Å². The van der Waals surface area contributed by atoms with E-state index >= 15 is 0 Å². The van der Waals surface area contributed by atoms with E-state index in [1.54, 1.807) is 0 Å². The fourth-order valence-corrected chi connectivity index (χ4v) is 0. The third-order valence-electron chi connectivity index (χ3n) is 0. The molecule has 0 amide bonds. The number of rotatable bonds is 0. The predicted octanol–water partition coefficient (Wildman–Crippen LogP) is -0.767. The zero-order chi connectivity index (χ0) is 0. The van der Waals surface area contributed by atoms with Crippen LogP contribution in [0.3, 0.4) is 0 Å². The Kier molecular flexibility index (Phi) is 134. The summed E-state index contributed by atoms with van der Waals surface area (Å²) in [5.74, 6) is 0. The number of hydrogen-bond acceptors (Lipinski definition) is 0. The van der Waals surface area contributed by atoms with E-state index in [1.165, 1.54) is 0 Å². The molecule has 0 aromatic carbocycles. The average molecular weight is 363 g/mol. The van der Waals surface area contributed by atoms with Gasteiger partial charge >= 0.3 is 0 Å². The molecule has 0 aromatic rings. The van der Waals surface area contributed by atoms with Gasteiger partial charge in [-0.3, -0.25) is 0 Å². The zero-order valence-corrected chi connectivity index (χ0v) is 8.98. The van der Waals surface area contributed by atoms with Crippen LogP contribution in [-0.4, -0.2) is 41.5 Å². The Morgan fingerprint density at radius 3 is 1.00 bits per heavy atom. The summed E-state index contributed by atoms with van der Waals surface area (Å²) in [6.07, 6.45) is 0. The quantitative estimate of drug-likeness (QED) is 0.497. The van der Waals surface area contributed by atoms with Crippen molar-refractivity contribution in [3.63, 3.8) is 0 Å². The van der Waals surface area contributed by atoms with Crippen molar-refractivity contribution < 1.29 is 39.4 Å². The second kappa shape index (κ2) is 17.5. The molecule has 0 aliphatic carbocycles. The van der Waals surface area contributed by atoms with Gasteiger partial charge in [-0.15, -0.1) is 0 Å². The van der Waals surface area contributed by atoms with Crippen LogP contribution in [0, 0.1) is 0 Å². The minimum Gasteiger partial charge on any atom is 0 e. The minimum atomic E-state index is 0. The van der Waals surface area contributed by atoms with Gasteiger partial charge < -0.3 is 0 Å². The van der Waals surface area contributed by atoms with Crippen LogP contribution >= 0.6 is 0 Å². The second-order valence-corrected chi connectivity index (χ2v) is 0. The van der Waals surface area contributed by atoms with Crippen LogP contribution in [-0.2, 0) is 39.4 Å². The van der Waals surface area contributed by atoms with E-state index in [-0.39, 0.29) is 81.0 Å². The van der Waals surface area contributed by atoms with E-state index in [0.717, 1.165) is 0 Å². The van der Waals surface area contributed by atoms with Crippen molar-refractivity contribution in [1.29, 1.82) is 0 Å². The van der Waals surface area contributed by atoms with E-state index in [9.17, 15) is 0 Å². The normalized spacial score (nSPS) is 0. The standard InChI is InChI=1S/Ag.Cu.Ge.Sn. The first kappa shape index (κ1) is 30.6. The van der Waals surface area contributed by atoms with Gasteiger partial charge in [-0.1, -0.05) is 0 Å². The molecule has 0 aromatic heterocycles. The Bertz CT molecular complexity index is 8.00. The molecule has 0 aliphatic rings. The molecule has 0 saturated carbocycles. The molecule has 0 atom stereocenters. The smallest absolute Gasteiger partial charge is 0 e. The number of hydrogen-bond donors (Lipinski definition) is 0. The molecule has 0 nitrogen and oxygen atoms in total. The molecule has 4 heteroatoms. The molecule has 0 aliphatic heterocycles. The Morgan fingerprint density at radius 1 is 1.00 bits per heavy atom. The molecule has 0 bridgehead atoms. The van der Waals surface area contributed by atoms with Crippen LogP contribution in [0.1, 0.15) is 0 Å². The maximum atomic E-state index is 0. The van der Waals surface area contributed by atoms with Gasteiger partial charge in [0, 0.05) is 81.0 Å². The van der Waals surface area contributed by atoms with Crippen molar-refractivity contribution in [3.8, 4) is 0 Å². The first-order valence-electron chi connectivity index (χ1n) is 0. The van der Waals surface area contributed by atoms with Crippen molar-refractivity contribution in [2.24, 2.45) is 0 Å². The third-order valence-corrected chi connectivity index (χ3v) is 0. The van der Waals surface area contributed by atoms with Crippen molar-refractivity contribution >= 4 is 41.5 Å². The van der Waals surface area contributed by atoms with E-state index in [2.05, 4.69) is 0 Å². The zero-order valence-electron chi connectivity index (χ0n) is 1.60. The maximum Gasteiger partial charge on any atom is 0 e. The van der Waals surface area contributed by atoms with Crippen LogP contribution < -0.4 is 0 Å². The molecule has 10 radical (unpaired) electrons. The Balaban J connectivity index is 0. The van der Waals surface area contributed by atoms with Crippen LogP contribution in [0.5, 0.6) is 0 Å². The monoisotopic (exact) mass is 364 g/mol. The maximum absolute atomic E-state index is 0. The molecular formula is AgCuGeSn. The van der Waals surface area contributed by atoms with Gasteiger partial charge in [0.05, 0.1) is 0 Å². The minimum absolute atomic E-state index is 0. The van der Waals surface area contributed by atoms with Gasteiger partial charge in [0.15, 0.2) is 0 Å². The largest absolute Gasteiger partial charge is 0 e. The van der Waals surface area contributed by atoms with E-state index < -0.39 is 0 Å². The van der Waals surface area contributed by atoms with Gasteiger partial charge in [0.1, 0.15) is 0 Å². The van der Waals surface area contributed by atoms with Crippen molar-refractivity contribution in [3.05, 3.63) is 0 Å².